The van der Waals surface area contributed by atoms with Gasteiger partial charge in [-0.3, -0.25) is 0 Å². The predicted octanol–water partition coefficient (Wildman–Crippen LogP) is 1.17. The van der Waals surface area contributed by atoms with Crippen LogP contribution in [0.1, 0.15) is 25.3 Å². The zero-order valence-electron chi connectivity index (χ0n) is 13.0. The second-order valence-electron chi connectivity index (χ2n) is 6.08. The molecule has 0 amide bonds. The van der Waals surface area contributed by atoms with Gasteiger partial charge in [-0.2, -0.15) is 0 Å². The van der Waals surface area contributed by atoms with Gasteiger partial charge in [-0.05, 0) is 58.1 Å². The van der Waals surface area contributed by atoms with Gasteiger partial charge >= 0.3 is 0 Å². The molecule has 1 fully saturated rings. The number of rotatable bonds is 5. The number of hydrogen-bond donors (Lipinski definition) is 2. The minimum Gasteiger partial charge on any atom is -0.314 e. The summed E-state index contributed by atoms with van der Waals surface area (Å²) in [6.45, 7) is 3.74. The second-order valence-corrected chi connectivity index (χ2v) is 7.79. The van der Waals surface area contributed by atoms with Gasteiger partial charge in [0.1, 0.15) is 0 Å². The van der Waals surface area contributed by atoms with Crippen molar-refractivity contribution in [2.45, 2.75) is 43.3 Å². The van der Waals surface area contributed by atoms with Crippen LogP contribution >= 0.6 is 0 Å². The first-order chi connectivity index (χ1) is 9.87. The van der Waals surface area contributed by atoms with E-state index in [1.807, 2.05) is 26.2 Å². The first-order valence-electron chi connectivity index (χ1n) is 7.36. The number of hydrogen-bond acceptors (Lipinski definition) is 4. The van der Waals surface area contributed by atoms with Crippen LogP contribution in [0.5, 0.6) is 0 Å². The molecule has 0 aromatic heterocycles. The molecule has 21 heavy (non-hydrogen) atoms. The van der Waals surface area contributed by atoms with E-state index in [4.69, 9.17) is 0 Å². The average Bonchev–Trinajstić information content (AvgIpc) is 2.38. The van der Waals surface area contributed by atoms with E-state index in [-0.39, 0.29) is 6.04 Å². The normalized spacial score (nSPS) is 23.4. The molecule has 1 aromatic rings. The standard InChI is InChI=1S/C15H25N3O2S/c1-12-10-14(8-9-16-12)17-21(19,20)15-6-4-13(5-7-15)11-18(2)3/h4-7,12,14,16-17H,8-11H2,1-3H3. The average molecular weight is 311 g/mol. The first kappa shape index (κ1) is 16.4. The summed E-state index contributed by atoms with van der Waals surface area (Å²) in [6.07, 6.45) is 1.67. The second kappa shape index (κ2) is 6.87. The topological polar surface area (TPSA) is 61.4 Å². The van der Waals surface area contributed by atoms with Crippen LogP contribution in [0.15, 0.2) is 29.2 Å². The number of benzene rings is 1. The molecule has 118 valence electrons. The van der Waals surface area contributed by atoms with Gasteiger partial charge in [-0.25, -0.2) is 13.1 Å². The van der Waals surface area contributed by atoms with E-state index in [0.29, 0.717) is 10.9 Å². The molecular formula is C15H25N3O2S. The lowest BCUT2D eigenvalue weighted by Gasteiger charge is -2.28. The highest BCUT2D eigenvalue weighted by Gasteiger charge is 2.24. The third-order valence-corrected chi connectivity index (χ3v) is 5.21. The fourth-order valence-corrected chi connectivity index (χ4v) is 3.95. The molecule has 1 aliphatic heterocycles. The summed E-state index contributed by atoms with van der Waals surface area (Å²) in [4.78, 5) is 2.40. The van der Waals surface area contributed by atoms with E-state index in [1.54, 1.807) is 12.1 Å². The van der Waals surface area contributed by atoms with Gasteiger partial charge in [0.25, 0.3) is 0 Å². The maximum atomic E-state index is 12.4. The molecule has 0 spiro atoms. The van der Waals surface area contributed by atoms with Crippen molar-refractivity contribution in [2.24, 2.45) is 0 Å². The molecule has 1 aliphatic rings. The fourth-order valence-electron chi connectivity index (χ4n) is 2.67. The van der Waals surface area contributed by atoms with Crippen LogP contribution in [-0.2, 0) is 16.6 Å². The Labute approximate surface area is 127 Å². The maximum Gasteiger partial charge on any atom is 0.240 e. The van der Waals surface area contributed by atoms with E-state index in [9.17, 15) is 8.42 Å². The lowest BCUT2D eigenvalue weighted by Crippen LogP contribution is -2.46. The van der Waals surface area contributed by atoms with E-state index in [0.717, 1.165) is 31.5 Å². The van der Waals surface area contributed by atoms with Crippen molar-refractivity contribution < 1.29 is 8.42 Å². The van der Waals surface area contributed by atoms with Crippen LogP contribution in [0.25, 0.3) is 0 Å². The number of nitrogens with zero attached hydrogens (tertiary/aromatic N) is 1. The molecule has 6 heteroatoms. The third-order valence-electron chi connectivity index (χ3n) is 3.68. The highest BCUT2D eigenvalue weighted by atomic mass is 32.2. The SMILES string of the molecule is CC1CC(NS(=O)(=O)c2ccc(CN(C)C)cc2)CCN1. The zero-order valence-corrected chi connectivity index (χ0v) is 13.8. The molecular weight excluding hydrogens is 286 g/mol. The Balaban J connectivity index is 2.05. The van der Waals surface area contributed by atoms with Gasteiger partial charge in [0.2, 0.25) is 10.0 Å². The van der Waals surface area contributed by atoms with E-state index in [1.165, 1.54) is 0 Å². The van der Waals surface area contributed by atoms with E-state index < -0.39 is 10.0 Å². The Bertz CT molecular complexity index is 555. The van der Waals surface area contributed by atoms with Crippen LogP contribution in [0, 0.1) is 0 Å². The van der Waals surface area contributed by atoms with Crippen molar-refractivity contribution in [1.29, 1.82) is 0 Å². The van der Waals surface area contributed by atoms with Crippen LogP contribution in [0.3, 0.4) is 0 Å². The summed E-state index contributed by atoms with van der Waals surface area (Å²) in [5.74, 6) is 0. The van der Waals surface area contributed by atoms with Crippen LogP contribution in [0.4, 0.5) is 0 Å². The molecule has 0 saturated carbocycles. The van der Waals surface area contributed by atoms with Gasteiger partial charge in [0.15, 0.2) is 0 Å². The summed E-state index contributed by atoms with van der Waals surface area (Å²) in [5, 5.41) is 3.32. The molecule has 2 atom stereocenters. The van der Waals surface area contributed by atoms with Crippen molar-refractivity contribution >= 4 is 10.0 Å². The molecule has 2 unspecified atom stereocenters. The van der Waals surface area contributed by atoms with E-state index in [2.05, 4.69) is 21.9 Å². The van der Waals surface area contributed by atoms with Crippen molar-refractivity contribution in [3.63, 3.8) is 0 Å². The summed E-state index contributed by atoms with van der Waals surface area (Å²) >= 11 is 0. The molecule has 2 N–H and O–H groups in total. The lowest BCUT2D eigenvalue weighted by atomic mass is 10.0. The summed E-state index contributed by atoms with van der Waals surface area (Å²) in [5.41, 5.74) is 1.11. The number of piperidine rings is 1. The minimum atomic E-state index is -3.42. The van der Waals surface area contributed by atoms with Crippen LogP contribution in [-0.4, -0.2) is 46.0 Å². The van der Waals surface area contributed by atoms with Crippen molar-refractivity contribution in [3.05, 3.63) is 29.8 Å². The predicted molar refractivity (Wildman–Crippen MR) is 84.6 cm³/mol. The van der Waals surface area contributed by atoms with Gasteiger partial charge in [-0.15, -0.1) is 0 Å². The Morgan fingerprint density at radius 1 is 1.29 bits per heavy atom. The minimum absolute atomic E-state index is 0.0210. The van der Waals surface area contributed by atoms with Gasteiger partial charge in [0.05, 0.1) is 4.90 Å². The van der Waals surface area contributed by atoms with Crippen LogP contribution in [0.2, 0.25) is 0 Å². The van der Waals surface area contributed by atoms with Crippen molar-refractivity contribution in [1.82, 2.24) is 14.9 Å². The molecule has 5 nitrogen and oxygen atoms in total. The molecule has 0 aliphatic carbocycles. The molecule has 1 saturated heterocycles. The van der Waals surface area contributed by atoms with Gasteiger partial charge in [0, 0.05) is 18.6 Å². The molecule has 0 bridgehead atoms. The zero-order chi connectivity index (χ0) is 15.5. The highest BCUT2D eigenvalue weighted by Crippen LogP contribution is 2.15. The van der Waals surface area contributed by atoms with Gasteiger partial charge < -0.3 is 10.2 Å². The molecule has 1 heterocycles. The Kier molecular flexibility index (Phi) is 5.37. The molecule has 2 rings (SSSR count). The summed E-state index contributed by atoms with van der Waals surface area (Å²) in [7, 11) is 0.561. The third kappa shape index (κ3) is 4.78. The Morgan fingerprint density at radius 2 is 1.95 bits per heavy atom. The first-order valence-corrected chi connectivity index (χ1v) is 8.84. The Hall–Kier alpha value is -0.950. The van der Waals surface area contributed by atoms with Gasteiger partial charge in [-0.1, -0.05) is 12.1 Å². The maximum absolute atomic E-state index is 12.4. The summed E-state index contributed by atoms with van der Waals surface area (Å²) < 4.78 is 27.6. The monoisotopic (exact) mass is 311 g/mol. The smallest absolute Gasteiger partial charge is 0.240 e. The molecule has 1 aromatic carbocycles. The van der Waals surface area contributed by atoms with Crippen molar-refractivity contribution in [3.8, 4) is 0 Å². The summed E-state index contributed by atoms with van der Waals surface area (Å²) in [6, 6.07) is 7.50. The lowest BCUT2D eigenvalue weighted by molar-refractivity contribution is 0.361. The quantitative estimate of drug-likeness (QED) is 0.857. The molecule has 0 radical (unpaired) electrons. The van der Waals surface area contributed by atoms with E-state index >= 15 is 0 Å². The Morgan fingerprint density at radius 3 is 2.52 bits per heavy atom. The number of nitrogens with one attached hydrogen (secondary N) is 2. The fraction of sp³-hybridized carbons (Fsp3) is 0.600. The number of sulfonamides is 1. The van der Waals surface area contributed by atoms with Crippen molar-refractivity contribution in [2.75, 3.05) is 20.6 Å². The largest absolute Gasteiger partial charge is 0.314 e. The van der Waals surface area contributed by atoms with Crippen LogP contribution < -0.4 is 10.0 Å². The highest BCUT2D eigenvalue weighted by molar-refractivity contribution is 7.89.